The lowest BCUT2D eigenvalue weighted by Crippen LogP contribution is -2.33. The Balaban J connectivity index is 1.87. The van der Waals surface area contributed by atoms with Crippen LogP contribution >= 0.6 is 0 Å². The first-order valence-corrected chi connectivity index (χ1v) is 12.2. The Kier molecular flexibility index (Phi) is 9.23. The maximum atomic E-state index is 15.8. The highest BCUT2D eigenvalue weighted by molar-refractivity contribution is 5.78. The molecule has 32 heavy (non-hydrogen) atoms. The molecule has 0 aromatic heterocycles. The molecule has 1 nitrogen and oxygen atoms in total. The van der Waals surface area contributed by atoms with Crippen LogP contribution in [0.3, 0.4) is 0 Å². The molecule has 2 aromatic rings. The van der Waals surface area contributed by atoms with Gasteiger partial charge in [0.05, 0.1) is 0 Å². The predicted octanol–water partition coefficient (Wildman–Crippen LogP) is 8.85. The van der Waals surface area contributed by atoms with Crippen LogP contribution in [0, 0.1) is 0 Å². The van der Waals surface area contributed by atoms with E-state index in [0.717, 1.165) is 38.5 Å². The van der Waals surface area contributed by atoms with E-state index in [4.69, 9.17) is 4.74 Å². The minimum atomic E-state index is -1.39. The fourth-order valence-corrected chi connectivity index (χ4v) is 4.32. The molecule has 172 valence electrons. The van der Waals surface area contributed by atoms with Gasteiger partial charge in [-0.25, -0.2) is 8.78 Å². The smallest absolute Gasteiger partial charge is 0.151 e. The summed E-state index contributed by atoms with van der Waals surface area (Å²) >= 11 is 0. The standard InChI is InChI=1S/C29H36F2O/c1-3-5-7-12-20-32-29(25-18-16-23(17-19-25)13-9-6-4-2)22-27(30)26(21-28(29)31)24-14-10-8-11-15-24/h8,10-11,14-19,21H,3-7,9,12-13,20,22H2,1-2H3. The quantitative estimate of drug-likeness (QED) is 0.301. The van der Waals surface area contributed by atoms with Crippen LogP contribution < -0.4 is 0 Å². The second kappa shape index (κ2) is 12.1. The summed E-state index contributed by atoms with van der Waals surface area (Å²) in [5.41, 5.74) is 1.51. The van der Waals surface area contributed by atoms with Crippen LogP contribution in [-0.2, 0) is 16.8 Å². The number of aryl methyl sites for hydroxylation is 1. The highest BCUT2D eigenvalue weighted by atomic mass is 19.1. The third-order valence-electron chi connectivity index (χ3n) is 6.27. The Bertz CT molecular complexity index is 899. The van der Waals surface area contributed by atoms with Gasteiger partial charge in [0.2, 0.25) is 0 Å². The summed E-state index contributed by atoms with van der Waals surface area (Å²) in [4.78, 5) is 0. The first-order chi connectivity index (χ1) is 15.6. The Labute approximate surface area is 192 Å². The number of ether oxygens (including phenoxy) is 1. The number of halogens is 2. The molecule has 3 heteroatoms. The van der Waals surface area contributed by atoms with Crippen LogP contribution in [0.4, 0.5) is 8.78 Å². The summed E-state index contributed by atoms with van der Waals surface area (Å²) < 4.78 is 37.3. The van der Waals surface area contributed by atoms with Crippen LogP contribution in [0.1, 0.15) is 81.9 Å². The Morgan fingerprint density at radius 2 is 1.50 bits per heavy atom. The lowest BCUT2D eigenvalue weighted by atomic mass is 9.81. The number of hydrogen-bond acceptors (Lipinski definition) is 1. The van der Waals surface area contributed by atoms with Gasteiger partial charge in [-0.1, -0.05) is 101 Å². The molecule has 1 unspecified atom stereocenters. The van der Waals surface area contributed by atoms with Crippen LogP contribution in [0.5, 0.6) is 0 Å². The summed E-state index contributed by atoms with van der Waals surface area (Å²) in [6, 6.07) is 17.1. The average molecular weight is 439 g/mol. The Hall–Kier alpha value is -2.26. The van der Waals surface area contributed by atoms with Crippen LogP contribution in [-0.4, -0.2) is 6.61 Å². The summed E-state index contributed by atoms with van der Waals surface area (Å²) in [5.74, 6) is -0.759. The van der Waals surface area contributed by atoms with E-state index in [1.54, 1.807) is 0 Å². The Morgan fingerprint density at radius 1 is 0.812 bits per heavy atom. The van der Waals surface area contributed by atoms with E-state index in [1.807, 2.05) is 54.6 Å². The molecule has 0 radical (unpaired) electrons. The zero-order valence-corrected chi connectivity index (χ0v) is 19.5. The molecule has 0 saturated heterocycles. The van der Waals surface area contributed by atoms with Crippen molar-refractivity contribution in [1.29, 1.82) is 0 Å². The number of hydrogen-bond donors (Lipinski definition) is 0. The molecule has 0 aliphatic heterocycles. The van der Waals surface area contributed by atoms with Crippen molar-refractivity contribution in [3.63, 3.8) is 0 Å². The monoisotopic (exact) mass is 438 g/mol. The van der Waals surface area contributed by atoms with Crippen molar-refractivity contribution >= 4 is 5.57 Å². The van der Waals surface area contributed by atoms with Crippen molar-refractivity contribution in [2.45, 2.75) is 77.2 Å². The second-order valence-electron chi connectivity index (χ2n) is 8.74. The molecule has 1 aliphatic carbocycles. The molecule has 0 bridgehead atoms. The average Bonchev–Trinajstić information content (AvgIpc) is 2.82. The molecular weight excluding hydrogens is 402 g/mol. The largest absolute Gasteiger partial charge is 0.363 e. The third kappa shape index (κ3) is 5.95. The van der Waals surface area contributed by atoms with E-state index in [0.29, 0.717) is 23.3 Å². The van der Waals surface area contributed by atoms with Crippen LogP contribution in [0.25, 0.3) is 5.57 Å². The summed E-state index contributed by atoms with van der Waals surface area (Å²) in [6.45, 7) is 4.75. The van der Waals surface area contributed by atoms with Crippen molar-refractivity contribution in [2.75, 3.05) is 6.61 Å². The van der Waals surface area contributed by atoms with Crippen molar-refractivity contribution < 1.29 is 13.5 Å². The van der Waals surface area contributed by atoms with Gasteiger partial charge in [0.25, 0.3) is 0 Å². The van der Waals surface area contributed by atoms with Crippen molar-refractivity contribution in [1.82, 2.24) is 0 Å². The first-order valence-electron chi connectivity index (χ1n) is 12.2. The fourth-order valence-electron chi connectivity index (χ4n) is 4.32. The van der Waals surface area contributed by atoms with Gasteiger partial charge < -0.3 is 4.74 Å². The topological polar surface area (TPSA) is 9.23 Å². The van der Waals surface area contributed by atoms with Gasteiger partial charge in [0.15, 0.2) is 5.60 Å². The SMILES string of the molecule is CCCCCCOC1(c2ccc(CCCCC)cc2)CC(F)=C(c2ccccc2)C=C1F. The normalized spacial score (nSPS) is 18.7. The maximum absolute atomic E-state index is 15.8. The van der Waals surface area contributed by atoms with Gasteiger partial charge in [0, 0.05) is 18.6 Å². The van der Waals surface area contributed by atoms with E-state index in [-0.39, 0.29) is 12.2 Å². The van der Waals surface area contributed by atoms with E-state index in [2.05, 4.69) is 13.8 Å². The Morgan fingerprint density at radius 3 is 2.19 bits per heavy atom. The summed E-state index contributed by atoms with van der Waals surface area (Å²) in [5, 5.41) is 0. The maximum Gasteiger partial charge on any atom is 0.151 e. The molecule has 0 amide bonds. The van der Waals surface area contributed by atoms with Crippen molar-refractivity contribution in [3.05, 3.63) is 89.0 Å². The van der Waals surface area contributed by atoms with E-state index >= 15 is 8.78 Å². The minimum Gasteiger partial charge on any atom is -0.363 e. The third-order valence-corrected chi connectivity index (χ3v) is 6.27. The number of unbranched alkanes of at least 4 members (excludes halogenated alkanes) is 5. The molecule has 0 N–H and O–H groups in total. The number of benzene rings is 2. The molecule has 1 aliphatic rings. The predicted molar refractivity (Wildman–Crippen MR) is 130 cm³/mol. The number of rotatable bonds is 12. The molecule has 0 heterocycles. The van der Waals surface area contributed by atoms with Gasteiger partial charge in [-0.3, -0.25) is 0 Å². The van der Waals surface area contributed by atoms with Crippen molar-refractivity contribution in [3.8, 4) is 0 Å². The number of allylic oxidation sites excluding steroid dienone is 2. The lowest BCUT2D eigenvalue weighted by Gasteiger charge is -2.36. The van der Waals surface area contributed by atoms with E-state index < -0.39 is 11.4 Å². The molecule has 2 aromatic carbocycles. The molecule has 0 saturated carbocycles. The first kappa shape index (κ1) is 24.4. The van der Waals surface area contributed by atoms with Gasteiger partial charge in [0.1, 0.15) is 11.7 Å². The van der Waals surface area contributed by atoms with E-state index in [1.165, 1.54) is 24.5 Å². The minimum absolute atomic E-state index is 0.122. The highest BCUT2D eigenvalue weighted by Crippen LogP contribution is 2.47. The van der Waals surface area contributed by atoms with Crippen LogP contribution in [0.15, 0.2) is 72.3 Å². The zero-order valence-electron chi connectivity index (χ0n) is 19.5. The van der Waals surface area contributed by atoms with Crippen molar-refractivity contribution in [2.24, 2.45) is 0 Å². The van der Waals surface area contributed by atoms with Gasteiger partial charge >= 0.3 is 0 Å². The molecule has 0 fully saturated rings. The van der Waals surface area contributed by atoms with Gasteiger partial charge in [-0.05, 0) is 42.0 Å². The van der Waals surface area contributed by atoms with Gasteiger partial charge in [-0.15, -0.1) is 0 Å². The zero-order chi connectivity index (χ0) is 22.8. The molecular formula is C29H36F2O. The second-order valence-corrected chi connectivity index (χ2v) is 8.74. The van der Waals surface area contributed by atoms with Gasteiger partial charge in [-0.2, -0.15) is 0 Å². The van der Waals surface area contributed by atoms with E-state index in [9.17, 15) is 0 Å². The molecule has 1 atom stereocenters. The molecule has 0 spiro atoms. The van der Waals surface area contributed by atoms with Crippen LogP contribution in [0.2, 0.25) is 0 Å². The fraction of sp³-hybridized carbons (Fsp3) is 0.448. The molecule has 3 rings (SSSR count). The highest BCUT2D eigenvalue weighted by Gasteiger charge is 2.43. The lowest BCUT2D eigenvalue weighted by molar-refractivity contribution is -0.0426. The summed E-state index contributed by atoms with van der Waals surface area (Å²) in [7, 11) is 0. The summed E-state index contributed by atoms with van der Waals surface area (Å²) in [6.07, 6.45) is 9.84.